The number of amides is 2. The number of carbonyl (C=O) groups excluding carboxylic acids is 2. The topological polar surface area (TPSA) is 114 Å². The van der Waals surface area contributed by atoms with Crippen molar-refractivity contribution >= 4 is 46.0 Å². The Morgan fingerprint density at radius 2 is 1.59 bits per heavy atom. The molecule has 4 rings (SSSR count). The highest BCUT2D eigenvalue weighted by Gasteiger charge is 2.29. The van der Waals surface area contributed by atoms with E-state index in [1.54, 1.807) is 12.1 Å². The van der Waals surface area contributed by atoms with Crippen LogP contribution >= 0.6 is 11.8 Å². The fourth-order valence-corrected chi connectivity index (χ4v) is 4.21. The van der Waals surface area contributed by atoms with Gasteiger partial charge in [0.05, 0.1) is 36.3 Å². The van der Waals surface area contributed by atoms with Gasteiger partial charge in [-0.1, -0.05) is 0 Å². The third kappa shape index (κ3) is 4.21. The molecule has 3 aliphatic rings. The van der Waals surface area contributed by atoms with Gasteiger partial charge < -0.3 is 19.3 Å². The fourth-order valence-electron chi connectivity index (χ4n) is 3.54. The SMILES string of the molecule is O=C1NC(=O)/C(=C/c2cc([N+](=O)[O-])c(N3CCOCC3)cc2N2CCOCC2)S1. The van der Waals surface area contributed by atoms with Crippen molar-refractivity contribution in [1.29, 1.82) is 0 Å². The van der Waals surface area contributed by atoms with Gasteiger partial charge in [0.2, 0.25) is 0 Å². The molecule has 0 unspecified atom stereocenters. The molecule has 0 atom stereocenters. The van der Waals surface area contributed by atoms with E-state index in [-0.39, 0.29) is 10.6 Å². The van der Waals surface area contributed by atoms with Gasteiger partial charge in [0, 0.05) is 43.5 Å². The van der Waals surface area contributed by atoms with Crippen LogP contribution in [0.15, 0.2) is 17.0 Å². The lowest BCUT2D eigenvalue weighted by Crippen LogP contribution is -2.38. The number of nitro groups is 1. The lowest BCUT2D eigenvalue weighted by Gasteiger charge is -2.33. The van der Waals surface area contributed by atoms with Crippen LogP contribution in [0, 0.1) is 10.1 Å². The van der Waals surface area contributed by atoms with E-state index in [2.05, 4.69) is 10.2 Å². The molecule has 0 aromatic heterocycles. The molecule has 3 saturated heterocycles. The molecule has 154 valence electrons. The molecule has 3 fully saturated rings. The van der Waals surface area contributed by atoms with E-state index >= 15 is 0 Å². The van der Waals surface area contributed by atoms with Gasteiger partial charge in [-0.3, -0.25) is 25.0 Å². The second kappa shape index (κ2) is 8.39. The third-order valence-corrected chi connectivity index (χ3v) is 5.76. The van der Waals surface area contributed by atoms with Gasteiger partial charge in [0.15, 0.2) is 0 Å². The number of ether oxygens (including phenoxy) is 2. The Bertz CT molecular complexity index is 877. The Labute approximate surface area is 170 Å². The Balaban J connectivity index is 1.82. The number of thioether (sulfide) groups is 1. The molecule has 0 bridgehead atoms. The summed E-state index contributed by atoms with van der Waals surface area (Å²) in [6.07, 6.45) is 1.55. The molecule has 0 radical (unpaired) electrons. The summed E-state index contributed by atoms with van der Waals surface area (Å²) in [5, 5.41) is 13.6. The summed E-state index contributed by atoms with van der Waals surface area (Å²) >= 11 is 0.792. The summed E-state index contributed by atoms with van der Waals surface area (Å²) in [4.78, 5) is 39.2. The number of imide groups is 1. The maximum atomic E-state index is 12.0. The Hall–Kier alpha value is -2.63. The molecule has 1 aromatic carbocycles. The number of hydrogen-bond donors (Lipinski definition) is 1. The number of carbonyl (C=O) groups is 2. The lowest BCUT2D eigenvalue weighted by atomic mass is 10.1. The molecule has 1 aromatic rings. The van der Waals surface area contributed by atoms with Crippen molar-refractivity contribution in [3.63, 3.8) is 0 Å². The zero-order valence-corrected chi connectivity index (χ0v) is 16.4. The van der Waals surface area contributed by atoms with Crippen molar-refractivity contribution in [2.45, 2.75) is 0 Å². The first-order valence-electron chi connectivity index (χ1n) is 9.25. The number of morpholine rings is 2. The maximum absolute atomic E-state index is 12.0. The zero-order valence-electron chi connectivity index (χ0n) is 15.6. The van der Waals surface area contributed by atoms with E-state index in [9.17, 15) is 19.7 Å². The third-order valence-electron chi connectivity index (χ3n) is 4.95. The molecule has 11 heteroatoms. The van der Waals surface area contributed by atoms with Gasteiger partial charge in [-0.25, -0.2) is 0 Å². The van der Waals surface area contributed by atoms with Crippen LogP contribution in [-0.4, -0.2) is 68.7 Å². The van der Waals surface area contributed by atoms with Crippen LogP contribution in [0.5, 0.6) is 0 Å². The number of nitrogens with one attached hydrogen (secondary N) is 1. The fraction of sp³-hybridized carbons (Fsp3) is 0.444. The van der Waals surface area contributed by atoms with Gasteiger partial charge in [0.25, 0.3) is 16.8 Å². The highest BCUT2D eigenvalue weighted by atomic mass is 32.2. The largest absolute Gasteiger partial charge is 0.378 e. The number of rotatable bonds is 4. The molecule has 3 heterocycles. The van der Waals surface area contributed by atoms with Crippen molar-refractivity contribution in [2.75, 3.05) is 62.4 Å². The van der Waals surface area contributed by atoms with E-state index in [1.165, 1.54) is 6.07 Å². The second-order valence-corrected chi connectivity index (χ2v) is 7.72. The second-order valence-electron chi connectivity index (χ2n) is 6.71. The Kier molecular flexibility index (Phi) is 5.69. The first kappa shape index (κ1) is 19.7. The van der Waals surface area contributed by atoms with E-state index in [0.717, 1.165) is 17.4 Å². The minimum Gasteiger partial charge on any atom is -0.378 e. The van der Waals surface area contributed by atoms with Crippen LogP contribution in [0.3, 0.4) is 0 Å². The van der Waals surface area contributed by atoms with E-state index in [4.69, 9.17) is 9.47 Å². The molecular weight excluding hydrogens is 400 g/mol. The van der Waals surface area contributed by atoms with Crippen molar-refractivity contribution in [2.24, 2.45) is 0 Å². The summed E-state index contributed by atoms with van der Waals surface area (Å²) in [5.41, 5.74) is 1.80. The smallest absolute Gasteiger partial charge is 0.293 e. The molecule has 0 saturated carbocycles. The molecule has 0 aliphatic carbocycles. The van der Waals surface area contributed by atoms with Gasteiger partial charge >= 0.3 is 0 Å². The minimum atomic E-state index is -0.493. The summed E-state index contributed by atoms with van der Waals surface area (Å²) < 4.78 is 10.8. The molecule has 29 heavy (non-hydrogen) atoms. The van der Waals surface area contributed by atoms with Gasteiger partial charge in [-0.05, 0) is 23.9 Å². The quantitative estimate of drug-likeness (QED) is 0.440. The first-order valence-corrected chi connectivity index (χ1v) is 10.1. The molecule has 3 aliphatic heterocycles. The summed E-state index contributed by atoms with van der Waals surface area (Å²) in [5.74, 6) is -0.493. The van der Waals surface area contributed by atoms with Crippen LogP contribution in [0.2, 0.25) is 0 Å². The van der Waals surface area contributed by atoms with Crippen molar-refractivity contribution in [3.05, 3.63) is 32.7 Å². The summed E-state index contributed by atoms with van der Waals surface area (Å²) in [6.45, 7) is 4.52. The zero-order chi connectivity index (χ0) is 20.4. The van der Waals surface area contributed by atoms with Crippen molar-refractivity contribution in [1.82, 2.24) is 5.32 Å². The highest BCUT2D eigenvalue weighted by Crippen LogP contribution is 2.39. The monoisotopic (exact) mass is 420 g/mol. The maximum Gasteiger partial charge on any atom is 0.293 e. The van der Waals surface area contributed by atoms with Crippen LogP contribution in [0.1, 0.15) is 5.56 Å². The standard InChI is InChI=1S/C18H20N4O6S/c23-17-16(29-18(24)19-17)10-12-9-15(22(25)26)14(21-3-7-28-8-4-21)11-13(12)20-1-5-27-6-2-20/h9-11H,1-8H2,(H,19,23,24)/b16-10-. The van der Waals surface area contributed by atoms with Crippen LogP contribution < -0.4 is 15.1 Å². The number of hydrogen-bond acceptors (Lipinski definition) is 9. The Morgan fingerprint density at radius 3 is 2.10 bits per heavy atom. The Morgan fingerprint density at radius 1 is 1.00 bits per heavy atom. The predicted molar refractivity (Wildman–Crippen MR) is 108 cm³/mol. The summed E-state index contributed by atoms with van der Waals surface area (Å²) in [6, 6.07) is 3.29. The van der Waals surface area contributed by atoms with Crippen LogP contribution in [0.4, 0.5) is 21.9 Å². The van der Waals surface area contributed by atoms with E-state index < -0.39 is 16.1 Å². The number of nitrogens with zero attached hydrogens (tertiary/aromatic N) is 3. The molecule has 10 nitrogen and oxygen atoms in total. The average Bonchev–Trinajstić information content (AvgIpc) is 3.05. The average molecular weight is 420 g/mol. The number of nitro benzene ring substituents is 1. The normalized spacial score (nSPS) is 21.6. The molecule has 2 amide bonds. The van der Waals surface area contributed by atoms with E-state index in [0.29, 0.717) is 63.9 Å². The van der Waals surface area contributed by atoms with E-state index in [1.807, 2.05) is 4.90 Å². The molecule has 1 N–H and O–H groups in total. The summed E-state index contributed by atoms with van der Waals surface area (Å²) in [7, 11) is 0. The molecular formula is C18H20N4O6S. The van der Waals surface area contributed by atoms with Gasteiger partial charge in [0.1, 0.15) is 5.69 Å². The van der Waals surface area contributed by atoms with Crippen LogP contribution in [-0.2, 0) is 14.3 Å². The van der Waals surface area contributed by atoms with Crippen LogP contribution in [0.25, 0.3) is 6.08 Å². The molecule has 0 spiro atoms. The highest BCUT2D eigenvalue weighted by molar-refractivity contribution is 8.18. The minimum absolute atomic E-state index is 0.0366. The van der Waals surface area contributed by atoms with Crippen molar-refractivity contribution in [3.8, 4) is 0 Å². The number of benzene rings is 1. The number of anilines is 2. The van der Waals surface area contributed by atoms with Gasteiger partial charge in [-0.2, -0.15) is 0 Å². The predicted octanol–water partition coefficient (Wildman–Crippen LogP) is 1.59. The van der Waals surface area contributed by atoms with Crippen molar-refractivity contribution < 1.29 is 24.0 Å². The lowest BCUT2D eigenvalue weighted by molar-refractivity contribution is -0.384. The first-order chi connectivity index (χ1) is 14.0. The van der Waals surface area contributed by atoms with Gasteiger partial charge in [-0.15, -0.1) is 0 Å².